The van der Waals surface area contributed by atoms with Crippen molar-refractivity contribution in [2.24, 2.45) is 0 Å². The highest BCUT2D eigenvalue weighted by molar-refractivity contribution is 7.10. The van der Waals surface area contributed by atoms with Crippen molar-refractivity contribution in [1.82, 2.24) is 0 Å². The van der Waals surface area contributed by atoms with Crippen LogP contribution in [0.15, 0.2) is 59.5 Å². The van der Waals surface area contributed by atoms with Crippen molar-refractivity contribution < 1.29 is 19.4 Å². The van der Waals surface area contributed by atoms with Crippen LogP contribution in [0.4, 0.5) is 5.69 Å². The van der Waals surface area contributed by atoms with Gasteiger partial charge in [-0.25, -0.2) is 0 Å². The molecule has 0 saturated carbocycles. The van der Waals surface area contributed by atoms with Crippen LogP contribution in [0.25, 0.3) is 5.76 Å². The quantitative estimate of drug-likeness (QED) is 0.282. The van der Waals surface area contributed by atoms with Crippen molar-refractivity contribution in [3.63, 3.8) is 0 Å². The van der Waals surface area contributed by atoms with Crippen molar-refractivity contribution in [2.45, 2.75) is 39.7 Å². The summed E-state index contributed by atoms with van der Waals surface area (Å²) in [5, 5.41) is 13.3. The summed E-state index contributed by atoms with van der Waals surface area (Å²) >= 11 is 1.45. The van der Waals surface area contributed by atoms with E-state index in [4.69, 9.17) is 4.74 Å². The molecule has 4 rings (SSSR count). The molecule has 0 aliphatic carbocycles. The third-order valence-electron chi connectivity index (χ3n) is 6.22. The number of hydrogen-bond donors (Lipinski definition) is 1. The van der Waals surface area contributed by atoms with Crippen LogP contribution >= 0.6 is 11.3 Å². The third kappa shape index (κ3) is 3.85. The largest absolute Gasteiger partial charge is 0.507 e. The summed E-state index contributed by atoms with van der Waals surface area (Å²) in [6.07, 6.45) is 0. The minimum atomic E-state index is -0.699. The number of nitrogens with zero attached hydrogens (tertiary/aromatic N) is 1. The molecule has 1 aromatic heterocycles. The Kier molecular flexibility index (Phi) is 6.13. The number of carbonyl (C=O) groups is 2. The van der Waals surface area contributed by atoms with E-state index in [9.17, 15) is 14.7 Å². The van der Waals surface area contributed by atoms with Crippen molar-refractivity contribution in [2.75, 3.05) is 12.0 Å². The number of benzene rings is 2. The topological polar surface area (TPSA) is 66.8 Å². The summed E-state index contributed by atoms with van der Waals surface area (Å²) in [5.74, 6) is -0.635. The summed E-state index contributed by atoms with van der Waals surface area (Å²) in [5.41, 5.74) is 4.12. The number of anilines is 1. The van der Waals surface area contributed by atoms with Gasteiger partial charge in [0.05, 0.1) is 12.7 Å². The van der Waals surface area contributed by atoms with Crippen LogP contribution in [0.3, 0.4) is 0 Å². The second-order valence-corrected chi connectivity index (χ2v) is 9.49. The molecular weight excluding hydrogens is 434 g/mol. The fraction of sp³-hybridized carbons (Fsp3) is 0.259. The molecule has 1 amide bonds. The third-order valence-corrected chi connectivity index (χ3v) is 7.14. The monoisotopic (exact) mass is 461 g/mol. The first kappa shape index (κ1) is 22.8. The first-order valence-corrected chi connectivity index (χ1v) is 11.7. The molecule has 1 N–H and O–H groups in total. The zero-order valence-electron chi connectivity index (χ0n) is 19.4. The number of hydrogen-bond acceptors (Lipinski definition) is 5. The molecule has 1 unspecified atom stereocenters. The maximum Gasteiger partial charge on any atom is 0.300 e. The fourth-order valence-electron chi connectivity index (χ4n) is 4.28. The molecule has 170 valence electrons. The lowest BCUT2D eigenvalue weighted by Crippen LogP contribution is -2.29. The zero-order valence-corrected chi connectivity index (χ0v) is 20.2. The summed E-state index contributed by atoms with van der Waals surface area (Å²) in [7, 11) is 1.60. The average Bonchev–Trinajstić information content (AvgIpc) is 3.42. The average molecular weight is 462 g/mol. The van der Waals surface area contributed by atoms with Crippen molar-refractivity contribution in [3.05, 3.63) is 86.6 Å². The highest BCUT2D eigenvalue weighted by atomic mass is 32.1. The Morgan fingerprint density at radius 2 is 1.85 bits per heavy atom. The van der Waals surface area contributed by atoms with Gasteiger partial charge in [0.25, 0.3) is 11.7 Å². The molecule has 3 aromatic rings. The maximum absolute atomic E-state index is 13.3. The molecule has 5 nitrogen and oxygen atoms in total. The number of ketones is 1. The van der Waals surface area contributed by atoms with Gasteiger partial charge < -0.3 is 9.84 Å². The lowest BCUT2D eigenvalue weighted by atomic mass is 9.95. The van der Waals surface area contributed by atoms with Crippen LogP contribution in [0.1, 0.15) is 52.9 Å². The van der Waals surface area contributed by atoms with E-state index in [1.165, 1.54) is 16.2 Å². The number of aliphatic hydroxyl groups excluding tert-OH is 1. The number of ether oxygens (including phenoxy) is 1. The normalized spacial score (nSPS) is 17.8. The Labute approximate surface area is 197 Å². The van der Waals surface area contributed by atoms with Gasteiger partial charge in [0.1, 0.15) is 17.6 Å². The molecule has 6 heteroatoms. The van der Waals surface area contributed by atoms with E-state index in [2.05, 4.69) is 0 Å². The van der Waals surface area contributed by atoms with Gasteiger partial charge >= 0.3 is 0 Å². The number of rotatable bonds is 5. The summed E-state index contributed by atoms with van der Waals surface area (Å²) in [6, 6.07) is 14.1. The summed E-state index contributed by atoms with van der Waals surface area (Å²) in [6.45, 7) is 7.98. The van der Waals surface area contributed by atoms with Gasteiger partial charge in [-0.1, -0.05) is 32.0 Å². The molecule has 1 fully saturated rings. The van der Waals surface area contributed by atoms with E-state index >= 15 is 0 Å². The Bertz CT molecular complexity index is 1260. The van der Waals surface area contributed by atoms with Crippen LogP contribution in [-0.2, 0) is 9.59 Å². The number of aryl methyl sites for hydroxylation is 1. The van der Waals surface area contributed by atoms with Crippen molar-refractivity contribution in [3.8, 4) is 5.75 Å². The van der Waals surface area contributed by atoms with Crippen LogP contribution in [0.5, 0.6) is 5.75 Å². The predicted octanol–water partition coefficient (Wildman–Crippen LogP) is 6.12. The molecule has 0 bridgehead atoms. The van der Waals surface area contributed by atoms with E-state index in [0.29, 0.717) is 17.0 Å². The molecule has 1 saturated heterocycles. The van der Waals surface area contributed by atoms with Crippen molar-refractivity contribution >= 4 is 34.5 Å². The van der Waals surface area contributed by atoms with E-state index in [1.807, 2.05) is 69.5 Å². The van der Waals surface area contributed by atoms with E-state index in [-0.39, 0.29) is 17.3 Å². The Balaban J connectivity index is 1.95. The van der Waals surface area contributed by atoms with Gasteiger partial charge in [-0.15, -0.1) is 11.3 Å². The van der Waals surface area contributed by atoms with Crippen molar-refractivity contribution in [1.29, 1.82) is 0 Å². The second-order valence-electron chi connectivity index (χ2n) is 8.51. The standard InChI is InChI=1S/C27H27NO4S/c1-15(2)19-14-18(11-12-21(19)32-5)25(29)23-24(22-10-7-13-33-22)28(27(31)26(23)30)20-9-6-8-16(3)17(20)4/h6-15,24,29H,1-5H3/b25-23-. The minimum Gasteiger partial charge on any atom is -0.507 e. The summed E-state index contributed by atoms with van der Waals surface area (Å²) in [4.78, 5) is 29.0. The fourth-order valence-corrected chi connectivity index (χ4v) is 5.11. The number of carbonyl (C=O) groups excluding carboxylic acids is 2. The number of aliphatic hydroxyl groups is 1. The molecule has 33 heavy (non-hydrogen) atoms. The predicted molar refractivity (Wildman–Crippen MR) is 132 cm³/mol. The van der Waals surface area contributed by atoms with Crippen LogP contribution in [-0.4, -0.2) is 23.9 Å². The highest BCUT2D eigenvalue weighted by Crippen LogP contribution is 2.45. The molecule has 0 radical (unpaired) electrons. The number of Topliss-reactive ketones (excluding diaryl/α,β-unsaturated/α-hetero) is 1. The molecule has 0 spiro atoms. The number of methoxy groups -OCH3 is 1. The van der Waals surface area contributed by atoms with E-state index < -0.39 is 17.7 Å². The van der Waals surface area contributed by atoms with Gasteiger partial charge in [-0.3, -0.25) is 14.5 Å². The van der Waals surface area contributed by atoms with Gasteiger partial charge in [-0.05, 0) is 72.2 Å². The molecule has 2 aromatic carbocycles. The SMILES string of the molecule is COc1ccc(/C(O)=C2/C(=O)C(=O)N(c3cccc(C)c3C)C2c2cccs2)cc1C(C)C. The van der Waals surface area contributed by atoms with E-state index in [1.54, 1.807) is 19.2 Å². The lowest BCUT2D eigenvalue weighted by molar-refractivity contribution is -0.132. The van der Waals surface area contributed by atoms with Gasteiger partial charge in [0.2, 0.25) is 0 Å². The molecule has 1 aliphatic rings. The first-order valence-electron chi connectivity index (χ1n) is 10.8. The van der Waals surface area contributed by atoms with Gasteiger partial charge in [0.15, 0.2) is 0 Å². The number of thiophene rings is 1. The molecule has 1 atom stereocenters. The van der Waals surface area contributed by atoms with Gasteiger partial charge in [0, 0.05) is 16.1 Å². The Hall–Kier alpha value is -3.38. The molecule has 1 aliphatic heterocycles. The maximum atomic E-state index is 13.3. The Morgan fingerprint density at radius 1 is 1.09 bits per heavy atom. The van der Waals surface area contributed by atoms with Crippen LogP contribution in [0, 0.1) is 13.8 Å². The molecular formula is C27H27NO4S. The van der Waals surface area contributed by atoms with Crippen LogP contribution in [0.2, 0.25) is 0 Å². The van der Waals surface area contributed by atoms with E-state index in [0.717, 1.165) is 21.6 Å². The minimum absolute atomic E-state index is 0.100. The molecule has 2 heterocycles. The Morgan fingerprint density at radius 3 is 2.48 bits per heavy atom. The van der Waals surface area contributed by atoms with Crippen LogP contribution < -0.4 is 9.64 Å². The first-order chi connectivity index (χ1) is 15.8. The van der Waals surface area contributed by atoms with Gasteiger partial charge in [-0.2, -0.15) is 0 Å². The number of amides is 1. The smallest absolute Gasteiger partial charge is 0.300 e. The highest BCUT2D eigenvalue weighted by Gasteiger charge is 2.47. The lowest BCUT2D eigenvalue weighted by Gasteiger charge is -2.26. The second kappa shape index (κ2) is 8.87. The zero-order chi connectivity index (χ0) is 23.9. The summed E-state index contributed by atoms with van der Waals surface area (Å²) < 4.78 is 5.46.